The number of thioether (sulfide) groups is 1. The summed E-state index contributed by atoms with van der Waals surface area (Å²) in [7, 11) is 0. The van der Waals surface area contributed by atoms with Gasteiger partial charge in [-0.25, -0.2) is 0 Å². The van der Waals surface area contributed by atoms with Crippen LogP contribution in [0.1, 0.15) is 45.3 Å². The second-order valence-corrected chi connectivity index (χ2v) is 6.90. The van der Waals surface area contributed by atoms with Crippen molar-refractivity contribution in [2.75, 3.05) is 12.8 Å². The maximum Gasteiger partial charge on any atom is 0.241 e. The highest BCUT2D eigenvalue weighted by Crippen LogP contribution is 2.28. The third-order valence-corrected chi connectivity index (χ3v) is 4.78. The fourth-order valence-corrected chi connectivity index (χ4v) is 3.08. The molecule has 3 nitrogen and oxygen atoms in total. The third kappa shape index (κ3) is 3.80. The van der Waals surface area contributed by atoms with Gasteiger partial charge in [-0.3, -0.25) is 10.1 Å². The summed E-state index contributed by atoms with van der Waals surface area (Å²) in [4.78, 5) is 15.8. The molecule has 0 spiro atoms. The van der Waals surface area contributed by atoms with Crippen molar-refractivity contribution in [3.63, 3.8) is 0 Å². The van der Waals surface area contributed by atoms with Gasteiger partial charge in [0.2, 0.25) is 5.91 Å². The molecule has 1 heterocycles. The number of nitrogens with zero attached hydrogens (tertiary/aromatic N) is 1. The van der Waals surface area contributed by atoms with Gasteiger partial charge in [-0.2, -0.15) is 0 Å². The molecule has 1 amide bonds. The number of rotatable bonds is 6. The summed E-state index contributed by atoms with van der Waals surface area (Å²) in [5, 5.41) is 3.49. The Balaban J connectivity index is 2.18. The molecular formula is C17H26N2OS. The van der Waals surface area contributed by atoms with Crippen LogP contribution in [0.3, 0.4) is 0 Å². The molecule has 116 valence electrons. The molecule has 1 saturated heterocycles. The Hall–Kier alpha value is -1.00. The molecule has 21 heavy (non-hydrogen) atoms. The molecule has 0 aliphatic carbocycles. The molecule has 2 atom stereocenters. The van der Waals surface area contributed by atoms with E-state index in [0.717, 1.165) is 19.4 Å². The van der Waals surface area contributed by atoms with E-state index in [-0.39, 0.29) is 18.1 Å². The maximum atomic E-state index is 12.5. The highest BCUT2D eigenvalue weighted by Gasteiger charge is 2.38. The number of benzene rings is 1. The van der Waals surface area contributed by atoms with Crippen molar-refractivity contribution in [1.82, 2.24) is 10.2 Å². The minimum atomic E-state index is -0.0395. The van der Waals surface area contributed by atoms with Crippen LogP contribution in [0.2, 0.25) is 0 Å². The molecule has 1 N–H and O–H groups in total. The summed E-state index contributed by atoms with van der Waals surface area (Å²) >= 11 is 1.74. The Morgan fingerprint density at radius 3 is 2.48 bits per heavy atom. The number of hydrogen-bond acceptors (Lipinski definition) is 3. The van der Waals surface area contributed by atoms with Gasteiger partial charge in [0.15, 0.2) is 0 Å². The molecule has 4 heteroatoms. The Bertz CT molecular complexity index is 472. The van der Waals surface area contributed by atoms with Gasteiger partial charge in [0.1, 0.15) is 6.17 Å². The number of nitrogens with one attached hydrogen (secondary N) is 1. The van der Waals surface area contributed by atoms with Crippen LogP contribution >= 0.6 is 11.8 Å². The van der Waals surface area contributed by atoms with E-state index in [0.29, 0.717) is 5.92 Å². The summed E-state index contributed by atoms with van der Waals surface area (Å²) in [5.74, 6) is 0.857. The van der Waals surface area contributed by atoms with Crippen LogP contribution in [0.25, 0.3) is 0 Å². The fraction of sp³-hybridized carbons (Fsp3) is 0.588. The molecule has 0 saturated carbocycles. The van der Waals surface area contributed by atoms with Crippen LogP contribution < -0.4 is 5.32 Å². The van der Waals surface area contributed by atoms with Crippen LogP contribution in [0, 0.1) is 5.92 Å². The topological polar surface area (TPSA) is 32.3 Å². The first-order valence-electron chi connectivity index (χ1n) is 7.77. The van der Waals surface area contributed by atoms with E-state index in [2.05, 4.69) is 56.6 Å². The van der Waals surface area contributed by atoms with E-state index in [1.807, 2.05) is 4.90 Å². The Morgan fingerprint density at radius 1 is 1.29 bits per heavy atom. The first kappa shape index (κ1) is 16.4. The molecule has 2 rings (SSSR count). The van der Waals surface area contributed by atoms with E-state index in [1.165, 1.54) is 10.5 Å². The van der Waals surface area contributed by atoms with Crippen molar-refractivity contribution in [3.05, 3.63) is 29.8 Å². The quantitative estimate of drug-likeness (QED) is 0.814. The summed E-state index contributed by atoms with van der Waals surface area (Å²) in [6.45, 7) is 7.30. The lowest BCUT2D eigenvalue weighted by Gasteiger charge is -2.25. The van der Waals surface area contributed by atoms with Crippen molar-refractivity contribution in [1.29, 1.82) is 0 Å². The first-order valence-corrected chi connectivity index (χ1v) is 8.99. The van der Waals surface area contributed by atoms with Crippen LogP contribution in [-0.4, -0.2) is 29.6 Å². The predicted molar refractivity (Wildman–Crippen MR) is 89.3 cm³/mol. The lowest BCUT2D eigenvalue weighted by molar-refractivity contribution is -0.130. The third-order valence-electron chi connectivity index (χ3n) is 4.04. The largest absolute Gasteiger partial charge is 0.322 e. The van der Waals surface area contributed by atoms with E-state index < -0.39 is 0 Å². The van der Waals surface area contributed by atoms with E-state index >= 15 is 0 Å². The van der Waals surface area contributed by atoms with Gasteiger partial charge in [-0.15, -0.1) is 11.8 Å². The Morgan fingerprint density at radius 2 is 1.95 bits per heavy atom. The number of hydrogen-bond donors (Lipinski definition) is 1. The Labute approximate surface area is 132 Å². The van der Waals surface area contributed by atoms with E-state index in [4.69, 9.17) is 0 Å². The van der Waals surface area contributed by atoms with Gasteiger partial charge in [0.25, 0.3) is 0 Å². The molecular weight excluding hydrogens is 280 g/mol. The van der Waals surface area contributed by atoms with Gasteiger partial charge in [0.05, 0.1) is 6.04 Å². The van der Waals surface area contributed by atoms with E-state index in [9.17, 15) is 4.79 Å². The zero-order valence-corrected chi connectivity index (χ0v) is 14.2. The van der Waals surface area contributed by atoms with Gasteiger partial charge in [-0.05, 0) is 42.7 Å². The second-order valence-electron chi connectivity index (χ2n) is 6.02. The standard InChI is InChI=1S/C17H26N2OS/c1-5-15-17(20)19(11-10-12(2)3)16(18-15)13-6-8-14(21-4)9-7-13/h6-9,12,15-16,18H,5,10-11H2,1-4H3. The predicted octanol–water partition coefficient (Wildman–Crippen LogP) is 3.66. The zero-order chi connectivity index (χ0) is 15.4. The monoisotopic (exact) mass is 306 g/mol. The van der Waals surface area contributed by atoms with Crippen molar-refractivity contribution in [2.24, 2.45) is 5.92 Å². The van der Waals surface area contributed by atoms with Crippen LogP contribution in [0.5, 0.6) is 0 Å². The highest BCUT2D eigenvalue weighted by molar-refractivity contribution is 7.98. The van der Waals surface area contributed by atoms with Crippen molar-refractivity contribution < 1.29 is 4.79 Å². The molecule has 0 bridgehead atoms. The maximum absolute atomic E-state index is 12.5. The lowest BCUT2D eigenvalue weighted by Crippen LogP contribution is -2.32. The van der Waals surface area contributed by atoms with E-state index in [1.54, 1.807) is 11.8 Å². The summed E-state index contributed by atoms with van der Waals surface area (Å²) in [6, 6.07) is 8.49. The fourth-order valence-electron chi connectivity index (χ4n) is 2.67. The molecule has 0 aromatic heterocycles. The molecule has 1 aliphatic rings. The molecule has 1 fully saturated rings. The lowest BCUT2D eigenvalue weighted by atomic mass is 10.1. The van der Waals surface area contributed by atoms with Gasteiger partial charge in [-0.1, -0.05) is 32.9 Å². The SMILES string of the molecule is CCC1NC(c2ccc(SC)cc2)N(CCC(C)C)C1=O. The minimum Gasteiger partial charge on any atom is -0.322 e. The summed E-state index contributed by atoms with van der Waals surface area (Å²) in [6.07, 6.45) is 3.99. The number of carbonyl (C=O) groups is 1. The molecule has 1 aromatic carbocycles. The van der Waals surface area contributed by atoms with Crippen LogP contribution in [0.4, 0.5) is 0 Å². The van der Waals surface area contributed by atoms with Crippen LogP contribution in [-0.2, 0) is 4.79 Å². The first-order chi connectivity index (χ1) is 10.1. The Kier molecular flexibility index (Phi) is 5.71. The van der Waals surface area contributed by atoms with Crippen molar-refractivity contribution in [3.8, 4) is 0 Å². The average Bonchev–Trinajstić information content (AvgIpc) is 2.81. The summed E-state index contributed by atoms with van der Waals surface area (Å²) in [5.41, 5.74) is 1.18. The smallest absolute Gasteiger partial charge is 0.241 e. The van der Waals surface area contributed by atoms with Gasteiger partial charge >= 0.3 is 0 Å². The van der Waals surface area contributed by atoms with Crippen LogP contribution in [0.15, 0.2) is 29.2 Å². The highest BCUT2D eigenvalue weighted by atomic mass is 32.2. The molecule has 1 aliphatic heterocycles. The van der Waals surface area contributed by atoms with Gasteiger partial charge in [0, 0.05) is 11.4 Å². The van der Waals surface area contributed by atoms with Crippen molar-refractivity contribution >= 4 is 17.7 Å². The average molecular weight is 306 g/mol. The normalized spacial score (nSPS) is 22.3. The molecule has 2 unspecified atom stereocenters. The second kappa shape index (κ2) is 7.32. The molecule has 0 radical (unpaired) electrons. The number of carbonyl (C=O) groups excluding carboxylic acids is 1. The van der Waals surface area contributed by atoms with Crippen molar-refractivity contribution in [2.45, 2.75) is 50.7 Å². The minimum absolute atomic E-state index is 0.0251. The molecule has 1 aromatic rings. The number of amides is 1. The van der Waals surface area contributed by atoms with Gasteiger partial charge < -0.3 is 4.90 Å². The zero-order valence-electron chi connectivity index (χ0n) is 13.4. The summed E-state index contributed by atoms with van der Waals surface area (Å²) < 4.78 is 0.